The van der Waals surface area contributed by atoms with Crippen LogP contribution in [0.2, 0.25) is 0 Å². The van der Waals surface area contributed by atoms with Crippen LogP contribution in [0.15, 0.2) is 24.4 Å². The smallest absolute Gasteiger partial charge is 0.0535 e. The summed E-state index contributed by atoms with van der Waals surface area (Å²) in [5.41, 5.74) is 4.29. The molecule has 1 fully saturated rings. The summed E-state index contributed by atoms with van der Waals surface area (Å²) in [5, 5.41) is 0. The van der Waals surface area contributed by atoms with Crippen LogP contribution in [-0.4, -0.2) is 36.2 Å². The average Bonchev–Trinajstić information content (AvgIpc) is 3.40. The molecule has 1 saturated heterocycles. The van der Waals surface area contributed by atoms with Crippen molar-refractivity contribution in [3.63, 3.8) is 0 Å². The van der Waals surface area contributed by atoms with Crippen molar-refractivity contribution in [1.82, 2.24) is 9.88 Å². The molecule has 2 aliphatic rings. The van der Waals surface area contributed by atoms with Crippen molar-refractivity contribution < 1.29 is 4.74 Å². The molecular formula is C25H37ClN2OS. The third kappa shape index (κ3) is 4.93. The molecule has 0 unspecified atom stereocenters. The molecule has 0 amide bonds. The Balaban J connectivity index is 0.00000256. The number of ether oxygens (including phenoxy) is 1. The van der Waals surface area contributed by atoms with E-state index in [1.807, 2.05) is 0 Å². The van der Waals surface area contributed by atoms with Crippen LogP contribution in [-0.2, 0) is 29.5 Å². The number of aromatic nitrogens is 1. The number of nitrogens with zero attached hydrogens (tertiary/aromatic N) is 2. The Morgan fingerprint density at radius 3 is 2.80 bits per heavy atom. The van der Waals surface area contributed by atoms with E-state index in [9.17, 15) is 0 Å². The third-order valence-electron chi connectivity index (χ3n) is 7.16. The molecule has 0 radical (unpaired) electrons. The lowest BCUT2D eigenvalue weighted by Gasteiger charge is -2.38. The highest BCUT2D eigenvalue weighted by molar-refractivity contribution is 7.12. The van der Waals surface area contributed by atoms with Gasteiger partial charge in [0.2, 0.25) is 0 Å². The number of aryl methyl sites for hydroxylation is 4. The Labute approximate surface area is 192 Å². The molecule has 30 heavy (non-hydrogen) atoms. The second-order valence-electron chi connectivity index (χ2n) is 9.57. The number of pyridine rings is 1. The second-order valence-corrected chi connectivity index (χ2v) is 10.8. The van der Waals surface area contributed by atoms with Gasteiger partial charge in [0.05, 0.1) is 6.61 Å². The van der Waals surface area contributed by atoms with Crippen LogP contribution in [0.1, 0.15) is 66.6 Å². The van der Waals surface area contributed by atoms with Gasteiger partial charge in [0.25, 0.3) is 0 Å². The SMILES string of the molecule is CCOC[C@@]1(CCc2cc3c(s2)CCC3)CCN(C(C)(C)c2ccc(C)nc2)C1.Cl. The second kappa shape index (κ2) is 9.68. The monoisotopic (exact) mass is 448 g/mol. The predicted octanol–water partition coefficient (Wildman–Crippen LogP) is 5.96. The number of likely N-dealkylation sites (tertiary alicyclic amines) is 1. The molecule has 1 atom stereocenters. The van der Waals surface area contributed by atoms with Crippen LogP contribution in [0, 0.1) is 12.3 Å². The molecule has 3 heterocycles. The van der Waals surface area contributed by atoms with E-state index in [0.29, 0.717) is 0 Å². The maximum atomic E-state index is 6.02. The van der Waals surface area contributed by atoms with Crippen molar-refractivity contribution in [2.24, 2.45) is 5.41 Å². The summed E-state index contributed by atoms with van der Waals surface area (Å²) >= 11 is 2.07. The van der Waals surface area contributed by atoms with Crippen molar-refractivity contribution in [2.45, 2.75) is 71.8 Å². The summed E-state index contributed by atoms with van der Waals surface area (Å²) < 4.78 is 6.02. The minimum atomic E-state index is -0.00122. The number of thiophene rings is 1. The summed E-state index contributed by atoms with van der Waals surface area (Å²) in [5.74, 6) is 0. The number of fused-ring (bicyclic) bond motifs is 1. The Morgan fingerprint density at radius 2 is 2.10 bits per heavy atom. The van der Waals surface area contributed by atoms with Gasteiger partial charge < -0.3 is 4.74 Å². The Kier molecular flexibility index (Phi) is 7.66. The van der Waals surface area contributed by atoms with E-state index in [4.69, 9.17) is 4.74 Å². The van der Waals surface area contributed by atoms with Crippen LogP contribution < -0.4 is 0 Å². The van der Waals surface area contributed by atoms with Crippen LogP contribution in [0.5, 0.6) is 0 Å². The van der Waals surface area contributed by atoms with Crippen molar-refractivity contribution in [3.8, 4) is 0 Å². The summed E-state index contributed by atoms with van der Waals surface area (Å²) in [4.78, 5) is 10.5. The van der Waals surface area contributed by atoms with Crippen LogP contribution >= 0.6 is 23.7 Å². The highest BCUT2D eigenvalue weighted by atomic mass is 35.5. The van der Waals surface area contributed by atoms with E-state index in [2.05, 4.69) is 73.3 Å². The Hall–Kier alpha value is -0.940. The molecular weight excluding hydrogens is 412 g/mol. The van der Waals surface area contributed by atoms with Gasteiger partial charge in [0.15, 0.2) is 0 Å². The summed E-state index contributed by atoms with van der Waals surface area (Å²) in [6.07, 6.45) is 9.66. The maximum absolute atomic E-state index is 6.02. The summed E-state index contributed by atoms with van der Waals surface area (Å²) in [6.45, 7) is 12.8. The van der Waals surface area contributed by atoms with Crippen molar-refractivity contribution in [2.75, 3.05) is 26.3 Å². The fourth-order valence-electron chi connectivity index (χ4n) is 5.04. The number of hydrogen-bond acceptors (Lipinski definition) is 4. The third-order valence-corrected chi connectivity index (χ3v) is 8.46. The zero-order valence-electron chi connectivity index (χ0n) is 19.0. The van der Waals surface area contributed by atoms with Gasteiger partial charge in [-0.25, -0.2) is 0 Å². The van der Waals surface area contributed by atoms with Gasteiger partial charge >= 0.3 is 0 Å². The number of hydrogen-bond donors (Lipinski definition) is 0. The van der Waals surface area contributed by atoms with Crippen LogP contribution in [0.3, 0.4) is 0 Å². The molecule has 0 saturated carbocycles. The maximum Gasteiger partial charge on any atom is 0.0535 e. The fourth-order valence-corrected chi connectivity index (χ4v) is 6.30. The van der Waals surface area contributed by atoms with Gasteiger partial charge in [0.1, 0.15) is 0 Å². The minimum Gasteiger partial charge on any atom is -0.381 e. The van der Waals surface area contributed by atoms with E-state index in [-0.39, 0.29) is 23.4 Å². The molecule has 3 nitrogen and oxygen atoms in total. The normalized spacial score (nSPS) is 21.6. The number of rotatable bonds is 8. The quantitative estimate of drug-likeness (QED) is 0.498. The fraction of sp³-hybridized carbons (Fsp3) is 0.640. The van der Waals surface area contributed by atoms with Crippen molar-refractivity contribution in [3.05, 3.63) is 51.0 Å². The first-order valence-electron chi connectivity index (χ1n) is 11.3. The van der Waals surface area contributed by atoms with Crippen LogP contribution in [0.4, 0.5) is 0 Å². The largest absolute Gasteiger partial charge is 0.381 e. The lowest BCUT2D eigenvalue weighted by Crippen LogP contribution is -2.42. The zero-order valence-corrected chi connectivity index (χ0v) is 20.6. The molecule has 4 rings (SSSR count). The lowest BCUT2D eigenvalue weighted by molar-refractivity contribution is 0.0386. The average molecular weight is 449 g/mol. The highest BCUT2D eigenvalue weighted by Gasteiger charge is 2.43. The zero-order chi connectivity index (χ0) is 20.5. The molecule has 0 aromatic carbocycles. The van der Waals surface area contributed by atoms with E-state index >= 15 is 0 Å². The molecule has 0 bridgehead atoms. The molecule has 2 aromatic heterocycles. The predicted molar refractivity (Wildman–Crippen MR) is 129 cm³/mol. The van der Waals surface area contributed by atoms with E-state index in [0.717, 1.165) is 32.0 Å². The van der Waals surface area contributed by atoms with E-state index in [1.54, 1.807) is 15.3 Å². The first-order valence-corrected chi connectivity index (χ1v) is 12.1. The van der Waals surface area contributed by atoms with Gasteiger partial charge in [-0.1, -0.05) is 6.07 Å². The van der Waals surface area contributed by atoms with Gasteiger partial charge in [-0.05, 0) is 96.0 Å². The van der Waals surface area contributed by atoms with Gasteiger partial charge in [-0.15, -0.1) is 23.7 Å². The first-order chi connectivity index (χ1) is 13.9. The number of halogens is 1. The van der Waals surface area contributed by atoms with Gasteiger partial charge in [0, 0.05) is 45.8 Å². The molecule has 166 valence electrons. The van der Waals surface area contributed by atoms with Gasteiger partial charge in [-0.2, -0.15) is 0 Å². The molecule has 2 aromatic rings. The van der Waals surface area contributed by atoms with Gasteiger partial charge in [-0.3, -0.25) is 9.88 Å². The van der Waals surface area contributed by atoms with Crippen molar-refractivity contribution in [1.29, 1.82) is 0 Å². The molecule has 0 N–H and O–H groups in total. The standard InChI is InChI=1S/C25H36N2OS.ClH/c1-5-28-18-25(12-11-22-15-20-7-6-8-23(20)29-22)13-14-27(17-25)24(3,4)21-10-9-19(2)26-16-21;/h9-10,15-16H,5-8,11-14,17-18H2,1-4H3;1H/t25-;/m0./s1. The molecule has 1 aliphatic carbocycles. The highest BCUT2D eigenvalue weighted by Crippen LogP contribution is 2.42. The lowest BCUT2D eigenvalue weighted by atomic mass is 9.82. The topological polar surface area (TPSA) is 25.4 Å². The molecule has 1 aliphatic heterocycles. The van der Waals surface area contributed by atoms with Crippen LogP contribution in [0.25, 0.3) is 0 Å². The Bertz CT molecular complexity index is 811. The Morgan fingerprint density at radius 1 is 1.27 bits per heavy atom. The summed E-state index contributed by atoms with van der Waals surface area (Å²) in [7, 11) is 0. The molecule has 5 heteroatoms. The van der Waals surface area contributed by atoms with Crippen molar-refractivity contribution >= 4 is 23.7 Å². The first kappa shape index (κ1) is 23.7. The molecule has 0 spiro atoms. The van der Waals surface area contributed by atoms with E-state index in [1.165, 1.54) is 44.1 Å². The van der Waals surface area contributed by atoms with E-state index < -0.39 is 0 Å². The minimum absolute atomic E-state index is 0. The summed E-state index contributed by atoms with van der Waals surface area (Å²) in [6, 6.07) is 6.88.